The van der Waals surface area contributed by atoms with Gasteiger partial charge in [-0.05, 0) is 31.2 Å². The van der Waals surface area contributed by atoms with Crippen LogP contribution in [-0.2, 0) is 9.53 Å². The first kappa shape index (κ1) is 15.2. The van der Waals surface area contributed by atoms with Crippen LogP contribution in [0.15, 0.2) is 18.2 Å². The second kappa shape index (κ2) is 7.02. The van der Waals surface area contributed by atoms with Crippen LogP contribution in [0.25, 0.3) is 0 Å². The summed E-state index contributed by atoms with van der Waals surface area (Å²) in [6, 6.07) is 4.04. The number of rotatable bonds is 5. The molecule has 2 rings (SSSR count). The largest absolute Gasteiger partial charge is 0.379 e. The second-order valence-corrected chi connectivity index (χ2v) is 5.25. The maximum atomic E-state index is 13.6. The summed E-state index contributed by atoms with van der Waals surface area (Å²) >= 11 is 5.80. The van der Waals surface area contributed by atoms with E-state index < -0.39 is 5.82 Å². The van der Waals surface area contributed by atoms with Gasteiger partial charge >= 0.3 is 0 Å². The van der Waals surface area contributed by atoms with E-state index in [-0.39, 0.29) is 23.6 Å². The lowest BCUT2D eigenvalue weighted by atomic mass is 10.0. The summed E-state index contributed by atoms with van der Waals surface area (Å²) < 4.78 is 18.9. The first-order valence-corrected chi connectivity index (χ1v) is 7.06. The highest BCUT2D eigenvalue weighted by Gasteiger charge is 2.33. The van der Waals surface area contributed by atoms with Crippen molar-refractivity contribution >= 4 is 23.2 Å². The average molecular weight is 301 g/mol. The third kappa shape index (κ3) is 3.69. The number of halogens is 2. The van der Waals surface area contributed by atoms with Crippen LogP contribution >= 0.6 is 11.6 Å². The van der Waals surface area contributed by atoms with Crippen molar-refractivity contribution in [1.29, 1.82) is 0 Å². The van der Waals surface area contributed by atoms with Crippen molar-refractivity contribution < 1.29 is 13.9 Å². The molecule has 110 valence electrons. The Morgan fingerprint density at radius 3 is 3.05 bits per heavy atom. The Morgan fingerprint density at radius 2 is 2.30 bits per heavy atom. The summed E-state index contributed by atoms with van der Waals surface area (Å²) in [4.78, 5) is 12.2. The first-order valence-electron chi connectivity index (χ1n) is 6.69. The number of hydrogen-bond acceptors (Lipinski definition) is 3. The normalized spacial score (nSPS) is 21.9. The van der Waals surface area contributed by atoms with Gasteiger partial charge in [0.05, 0.1) is 24.8 Å². The molecule has 0 aliphatic carbocycles. The van der Waals surface area contributed by atoms with Crippen LogP contribution in [0.2, 0.25) is 5.02 Å². The fourth-order valence-electron chi connectivity index (χ4n) is 2.16. The lowest BCUT2D eigenvalue weighted by Crippen LogP contribution is -2.41. The van der Waals surface area contributed by atoms with E-state index in [4.69, 9.17) is 16.3 Å². The average Bonchev–Trinajstić information content (AvgIpc) is 2.89. The molecule has 1 aliphatic rings. The maximum absolute atomic E-state index is 13.6. The SMILES string of the molecule is CCCNC1COCC1C(=O)Nc1cc(Cl)ccc1F. The third-order valence-electron chi connectivity index (χ3n) is 3.26. The highest BCUT2D eigenvalue weighted by atomic mass is 35.5. The van der Waals surface area contributed by atoms with E-state index in [1.165, 1.54) is 18.2 Å². The van der Waals surface area contributed by atoms with Gasteiger partial charge in [0.25, 0.3) is 0 Å². The zero-order valence-electron chi connectivity index (χ0n) is 11.3. The van der Waals surface area contributed by atoms with Gasteiger partial charge in [0, 0.05) is 11.1 Å². The number of carbonyl (C=O) groups is 1. The number of nitrogens with one attached hydrogen (secondary N) is 2. The Balaban J connectivity index is 2.01. The number of benzene rings is 1. The molecule has 20 heavy (non-hydrogen) atoms. The van der Waals surface area contributed by atoms with Crippen LogP contribution in [0.5, 0.6) is 0 Å². The Morgan fingerprint density at radius 1 is 1.50 bits per heavy atom. The van der Waals surface area contributed by atoms with Crippen molar-refractivity contribution in [3.05, 3.63) is 29.0 Å². The Labute approximate surface area is 122 Å². The van der Waals surface area contributed by atoms with Gasteiger partial charge in [-0.15, -0.1) is 0 Å². The first-order chi connectivity index (χ1) is 9.61. The molecule has 4 nitrogen and oxygen atoms in total. The van der Waals surface area contributed by atoms with E-state index in [9.17, 15) is 9.18 Å². The Kier molecular flexibility index (Phi) is 5.34. The van der Waals surface area contributed by atoms with Gasteiger partial charge in [-0.2, -0.15) is 0 Å². The van der Waals surface area contributed by atoms with Crippen molar-refractivity contribution in [2.75, 3.05) is 25.1 Å². The van der Waals surface area contributed by atoms with Gasteiger partial charge in [-0.25, -0.2) is 4.39 Å². The second-order valence-electron chi connectivity index (χ2n) is 4.82. The predicted octanol–water partition coefficient (Wildman–Crippen LogP) is 2.43. The molecule has 1 saturated heterocycles. The van der Waals surface area contributed by atoms with Gasteiger partial charge in [0.2, 0.25) is 5.91 Å². The van der Waals surface area contributed by atoms with Gasteiger partial charge in [0.1, 0.15) is 5.82 Å². The quantitative estimate of drug-likeness (QED) is 0.878. The number of ether oxygens (including phenoxy) is 1. The van der Waals surface area contributed by atoms with Gasteiger partial charge in [0.15, 0.2) is 0 Å². The summed E-state index contributed by atoms with van der Waals surface area (Å²) in [5.74, 6) is -1.07. The Bertz CT molecular complexity index is 484. The zero-order valence-corrected chi connectivity index (χ0v) is 12.0. The zero-order chi connectivity index (χ0) is 14.5. The topological polar surface area (TPSA) is 50.4 Å². The monoisotopic (exact) mass is 300 g/mol. The molecule has 0 aromatic heterocycles. The van der Waals surface area contributed by atoms with Crippen molar-refractivity contribution in [2.45, 2.75) is 19.4 Å². The van der Waals surface area contributed by atoms with E-state index in [1.807, 2.05) is 0 Å². The fraction of sp³-hybridized carbons (Fsp3) is 0.500. The van der Waals surface area contributed by atoms with Crippen LogP contribution < -0.4 is 10.6 Å². The molecule has 1 fully saturated rings. The summed E-state index contributed by atoms with van der Waals surface area (Å²) in [7, 11) is 0. The Hall–Kier alpha value is -1.17. The molecule has 0 radical (unpaired) electrons. The fourth-order valence-corrected chi connectivity index (χ4v) is 2.33. The van der Waals surface area contributed by atoms with E-state index in [0.29, 0.717) is 18.2 Å². The minimum atomic E-state index is -0.500. The highest BCUT2D eigenvalue weighted by molar-refractivity contribution is 6.30. The van der Waals surface area contributed by atoms with Crippen LogP contribution in [0.1, 0.15) is 13.3 Å². The molecule has 1 aromatic carbocycles. The molecular formula is C14H18ClFN2O2. The van der Waals surface area contributed by atoms with Gasteiger partial charge < -0.3 is 15.4 Å². The maximum Gasteiger partial charge on any atom is 0.231 e. The van der Waals surface area contributed by atoms with Gasteiger partial charge in [-0.1, -0.05) is 18.5 Å². The molecule has 1 heterocycles. The molecule has 0 spiro atoms. The molecule has 6 heteroatoms. The number of hydrogen-bond donors (Lipinski definition) is 2. The van der Waals surface area contributed by atoms with E-state index in [2.05, 4.69) is 17.6 Å². The van der Waals surface area contributed by atoms with Crippen LogP contribution in [0, 0.1) is 11.7 Å². The summed E-state index contributed by atoms with van der Waals surface area (Å²) in [6.45, 7) is 3.72. The van der Waals surface area contributed by atoms with Crippen molar-refractivity contribution in [3.8, 4) is 0 Å². The lowest BCUT2D eigenvalue weighted by Gasteiger charge is -2.18. The third-order valence-corrected chi connectivity index (χ3v) is 3.50. The number of carbonyl (C=O) groups excluding carboxylic acids is 1. The van der Waals surface area contributed by atoms with Crippen molar-refractivity contribution in [1.82, 2.24) is 5.32 Å². The molecule has 1 amide bonds. The van der Waals surface area contributed by atoms with Crippen LogP contribution in [0.3, 0.4) is 0 Å². The minimum Gasteiger partial charge on any atom is -0.379 e. The lowest BCUT2D eigenvalue weighted by molar-refractivity contribution is -0.120. The van der Waals surface area contributed by atoms with Crippen molar-refractivity contribution in [2.24, 2.45) is 5.92 Å². The molecule has 1 aliphatic heterocycles. The van der Waals surface area contributed by atoms with Gasteiger partial charge in [-0.3, -0.25) is 4.79 Å². The molecular weight excluding hydrogens is 283 g/mol. The minimum absolute atomic E-state index is 0.0304. The summed E-state index contributed by atoms with van der Waals surface area (Å²) in [5, 5.41) is 6.23. The molecule has 0 bridgehead atoms. The predicted molar refractivity (Wildman–Crippen MR) is 76.4 cm³/mol. The molecule has 2 atom stereocenters. The van der Waals surface area contributed by atoms with E-state index in [0.717, 1.165) is 13.0 Å². The van der Waals surface area contributed by atoms with Crippen LogP contribution in [-0.4, -0.2) is 31.7 Å². The number of amides is 1. The van der Waals surface area contributed by atoms with Crippen LogP contribution in [0.4, 0.5) is 10.1 Å². The molecule has 1 aromatic rings. The summed E-state index contributed by atoms with van der Waals surface area (Å²) in [5.41, 5.74) is 0.101. The van der Waals surface area contributed by atoms with E-state index >= 15 is 0 Å². The molecule has 0 saturated carbocycles. The molecule has 2 unspecified atom stereocenters. The highest BCUT2D eigenvalue weighted by Crippen LogP contribution is 2.22. The smallest absolute Gasteiger partial charge is 0.231 e. The standard InChI is InChI=1S/C14H18ClFN2O2/c1-2-5-17-13-8-20-7-10(13)14(19)18-12-6-9(15)3-4-11(12)16/h3-4,6,10,13,17H,2,5,7-8H2,1H3,(H,18,19). The number of anilines is 1. The summed E-state index contributed by atoms with van der Waals surface area (Å²) in [6.07, 6.45) is 0.980. The molecule has 2 N–H and O–H groups in total. The van der Waals surface area contributed by atoms with E-state index in [1.54, 1.807) is 0 Å². The van der Waals surface area contributed by atoms with Crippen molar-refractivity contribution in [3.63, 3.8) is 0 Å².